The predicted octanol–water partition coefficient (Wildman–Crippen LogP) is 4.03. The fraction of sp³-hybridized carbons (Fsp3) is 0.600. The van der Waals surface area contributed by atoms with Gasteiger partial charge in [-0.05, 0) is 47.1 Å². The van der Waals surface area contributed by atoms with Gasteiger partial charge < -0.3 is 19.1 Å². The molecule has 2 unspecified atom stereocenters. The zero-order valence-corrected chi connectivity index (χ0v) is 16.0. The van der Waals surface area contributed by atoms with Crippen LogP contribution in [0.15, 0.2) is 30.3 Å². The molecule has 1 aliphatic heterocycles. The molecule has 1 aromatic rings. The molecule has 25 heavy (non-hydrogen) atoms. The van der Waals surface area contributed by atoms with Crippen molar-refractivity contribution in [3.8, 4) is 0 Å². The summed E-state index contributed by atoms with van der Waals surface area (Å²) in [6.07, 6.45) is -0.487. The van der Waals surface area contributed by atoms with Crippen molar-refractivity contribution in [2.24, 2.45) is 5.92 Å². The van der Waals surface area contributed by atoms with Crippen LogP contribution in [0.25, 0.3) is 0 Å². The maximum absolute atomic E-state index is 12.6. The number of hydrogen-bond acceptors (Lipinski definition) is 4. The molecule has 1 heterocycles. The van der Waals surface area contributed by atoms with Crippen LogP contribution >= 0.6 is 0 Å². The van der Waals surface area contributed by atoms with Crippen molar-refractivity contribution in [1.29, 1.82) is 0 Å². The van der Waals surface area contributed by atoms with Crippen LogP contribution in [0.4, 0.5) is 4.79 Å². The fourth-order valence-electron chi connectivity index (χ4n) is 2.68. The van der Waals surface area contributed by atoms with Crippen LogP contribution in [0, 0.1) is 12.8 Å². The van der Waals surface area contributed by atoms with Gasteiger partial charge in [-0.25, -0.2) is 4.79 Å². The first kappa shape index (κ1) is 19.7. The van der Waals surface area contributed by atoms with Crippen molar-refractivity contribution in [3.63, 3.8) is 0 Å². The van der Waals surface area contributed by atoms with Crippen molar-refractivity contribution in [1.82, 2.24) is 4.90 Å². The molecule has 2 rings (SSSR count). The van der Waals surface area contributed by atoms with Gasteiger partial charge in [-0.3, -0.25) is 0 Å². The Bertz CT molecular complexity index is 565. The van der Waals surface area contributed by atoms with E-state index in [2.05, 4.69) is 6.92 Å². The summed E-state index contributed by atoms with van der Waals surface area (Å²) in [7, 11) is 0. The minimum absolute atomic E-state index is 0.113. The number of amides is 1. The third kappa shape index (κ3) is 6.33. The summed E-state index contributed by atoms with van der Waals surface area (Å²) < 4.78 is 17.1. The summed E-state index contributed by atoms with van der Waals surface area (Å²) >= 11 is 0. The summed E-state index contributed by atoms with van der Waals surface area (Å²) in [5.41, 5.74) is 0.502. The van der Waals surface area contributed by atoms with E-state index in [1.54, 1.807) is 4.90 Å². The standard InChI is InChI=1S/C20H30NO4/c1-15(17-14-23-20(5,6)24-17)12-21(18(22)25-19(2,3)4)13-16-10-8-7-9-11-16/h7-11,15,17H,1,12-14H2,2-6H3. The van der Waals surface area contributed by atoms with E-state index >= 15 is 0 Å². The van der Waals surface area contributed by atoms with E-state index in [0.717, 1.165) is 5.56 Å². The Morgan fingerprint density at radius 1 is 1.36 bits per heavy atom. The van der Waals surface area contributed by atoms with Gasteiger partial charge in [0, 0.05) is 19.0 Å². The Hall–Kier alpha value is -1.59. The molecule has 0 aliphatic carbocycles. The monoisotopic (exact) mass is 348 g/mol. The lowest BCUT2D eigenvalue weighted by Gasteiger charge is -2.31. The molecule has 0 spiro atoms. The highest BCUT2D eigenvalue weighted by molar-refractivity contribution is 5.68. The molecule has 2 atom stereocenters. The topological polar surface area (TPSA) is 48.0 Å². The van der Waals surface area contributed by atoms with E-state index in [4.69, 9.17) is 14.2 Å². The van der Waals surface area contributed by atoms with Gasteiger partial charge in [-0.2, -0.15) is 0 Å². The number of hydrogen-bond donors (Lipinski definition) is 0. The molecule has 1 aliphatic rings. The van der Waals surface area contributed by atoms with Gasteiger partial charge in [-0.1, -0.05) is 30.3 Å². The van der Waals surface area contributed by atoms with Gasteiger partial charge >= 0.3 is 6.09 Å². The van der Waals surface area contributed by atoms with Crippen LogP contribution in [-0.2, 0) is 20.8 Å². The first-order valence-corrected chi connectivity index (χ1v) is 8.72. The normalized spacial score (nSPS) is 21.0. The number of carbonyl (C=O) groups excluding carboxylic acids is 1. The second kappa shape index (κ2) is 7.75. The number of ether oxygens (including phenoxy) is 3. The van der Waals surface area contributed by atoms with Crippen LogP contribution in [0.5, 0.6) is 0 Å². The predicted molar refractivity (Wildman–Crippen MR) is 96.8 cm³/mol. The number of nitrogens with zero attached hydrogens (tertiary/aromatic N) is 1. The minimum Gasteiger partial charge on any atom is -0.444 e. The molecule has 5 heteroatoms. The second-order valence-corrected chi connectivity index (χ2v) is 7.97. The second-order valence-electron chi connectivity index (χ2n) is 7.97. The number of rotatable bonds is 5. The van der Waals surface area contributed by atoms with Gasteiger partial charge in [0.2, 0.25) is 0 Å². The fourth-order valence-corrected chi connectivity index (χ4v) is 2.68. The van der Waals surface area contributed by atoms with E-state index in [1.165, 1.54) is 0 Å². The van der Waals surface area contributed by atoms with Gasteiger partial charge in [0.05, 0.1) is 12.7 Å². The van der Waals surface area contributed by atoms with Crippen molar-refractivity contribution in [2.75, 3.05) is 13.2 Å². The highest BCUT2D eigenvalue weighted by atomic mass is 16.7. The first-order chi connectivity index (χ1) is 11.6. The van der Waals surface area contributed by atoms with Crippen molar-refractivity contribution < 1.29 is 19.0 Å². The molecule has 1 aromatic carbocycles. The highest BCUT2D eigenvalue weighted by Crippen LogP contribution is 2.27. The largest absolute Gasteiger partial charge is 0.444 e. The minimum atomic E-state index is -0.600. The molecule has 5 nitrogen and oxygen atoms in total. The van der Waals surface area contributed by atoms with E-state index in [0.29, 0.717) is 19.7 Å². The Kier molecular flexibility index (Phi) is 6.12. The Labute approximate surface area is 151 Å². The van der Waals surface area contributed by atoms with Crippen LogP contribution in [-0.4, -0.2) is 41.6 Å². The van der Waals surface area contributed by atoms with Gasteiger partial charge in [0.15, 0.2) is 5.79 Å². The lowest BCUT2D eigenvalue weighted by atomic mass is 10.0. The molecule has 0 saturated carbocycles. The average Bonchev–Trinajstić information content (AvgIpc) is 2.86. The maximum atomic E-state index is 12.6. The number of benzene rings is 1. The van der Waals surface area contributed by atoms with Crippen molar-refractivity contribution >= 4 is 6.09 Å². The lowest BCUT2D eigenvalue weighted by Crippen LogP contribution is -2.41. The summed E-state index contributed by atoms with van der Waals surface area (Å²) in [5.74, 6) is -0.713. The molecular formula is C20H30NO4. The molecule has 0 aromatic heterocycles. The Morgan fingerprint density at radius 3 is 2.52 bits per heavy atom. The highest BCUT2D eigenvalue weighted by Gasteiger charge is 2.37. The average molecular weight is 348 g/mol. The van der Waals surface area contributed by atoms with Crippen LogP contribution in [0.2, 0.25) is 0 Å². The molecule has 1 radical (unpaired) electrons. The SMILES string of the molecule is [CH2]C(CN(Cc1ccccc1)C(=O)OC(C)(C)C)C1COC(C)(C)O1. The van der Waals surface area contributed by atoms with E-state index in [9.17, 15) is 4.79 Å². The summed E-state index contributed by atoms with van der Waals surface area (Å²) in [4.78, 5) is 14.3. The molecule has 139 valence electrons. The van der Waals surface area contributed by atoms with Gasteiger partial charge in [0.1, 0.15) is 5.60 Å². The van der Waals surface area contributed by atoms with Crippen molar-refractivity contribution in [3.05, 3.63) is 42.8 Å². The first-order valence-electron chi connectivity index (χ1n) is 8.72. The molecule has 0 bridgehead atoms. The van der Waals surface area contributed by atoms with Crippen LogP contribution < -0.4 is 0 Å². The molecule has 1 saturated heterocycles. The Morgan fingerprint density at radius 2 is 2.00 bits per heavy atom. The van der Waals surface area contributed by atoms with Crippen molar-refractivity contribution in [2.45, 2.75) is 58.7 Å². The van der Waals surface area contributed by atoms with E-state index in [1.807, 2.05) is 65.0 Å². The molecule has 1 amide bonds. The quantitative estimate of drug-likeness (QED) is 0.806. The third-order valence-electron chi connectivity index (χ3n) is 3.88. The van der Waals surface area contributed by atoms with E-state index in [-0.39, 0.29) is 18.1 Å². The molecule has 0 N–H and O–H groups in total. The lowest BCUT2D eigenvalue weighted by molar-refractivity contribution is -0.143. The van der Waals surface area contributed by atoms with Gasteiger partial charge in [0.25, 0.3) is 0 Å². The zero-order chi connectivity index (χ0) is 18.7. The third-order valence-corrected chi connectivity index (χ3v) is 3.88. The maximum Gasteiger partial charge on any atom is 0.410 e. The summed E-state index contributed by atoms with van der Waals surface area (Å²) in [6.45, 7) is 14.9. The van der Waals surface area contributed by atoms with Crippen LogP contribution in [0.1, 0.15) is 40.2 Å². The summed E-state index contributed by atoms with van der Waals surface area (Å²) in [6, 6.07) is 9.86. The van der Waals surface area contributed by atoms with Gasteiger partial charge in [-0.15, -0.1) is 0 Å². The van der Waals surface area contributed by atoms with Crippen LogP contribution in [0.3, 0.4) is 0 Å². The molecule has 1 fully saturated rings. The Balaban J connectivity index is 2.06. The molecular weight excluding hydrogens is 318 g/mol. The number of carbonyl (C=O) groups is 1. The smallest absolute Gasteiger partial charge is 0.410 e. The van der Waals surface area contributed by atoms with E-state index < -0.39 is 11.4 Å². The summed E-state index contributed by atoms with van der Waals surface area (Å²) in [5, 5.41) is 0. The zero-order valence-electron chi connectivity index (χ0n) is 16.0.